The zero-order valence-corrected chi connectivity index (χ0v) is 7.61. The first-order chi connectivity index (χ1) is 5.86. The van der Waals surface area contributed by atoms with Gasteiger partial charge in [-0.25, -0.2) is 5.01 Å². The van der Waals surface area contributed by atoms with Gasteiger partial charge >= 0.3 is 0 Å². The standard InChI is InChI=1S/C8H16N4/c1-10-4-6-11(7-5-10)12-3-2-9-8-12/h8H,2-7H2,1H3. The maximum Gasteiger partial charge on any atom is 0.0995 e. The monoisotopic (exact) mass is 168 g/mol. The molecule has 0 atom stereocenters. The van der Waals surface area contributed by atoms with Crippen LogP contribution in [0.2, 0.25) is 0 Å². The van der Waals surface area contributed by atoms with Gasteiger partial charge in [0.25, 0.3) is 0 Å². The molecule has 0 aromatic carbocycles. The van der Waals surface area contributed by atoms with Crippen molar-refractivity contribution in [3.05, 3.63) is 0 Å². The molecule has 2 rings (SSSR count). The quantitative estimate of drug-likeness (QED) is 0.526. The second-order valence-corrected chi connectivity index (χ2v) is 3.44. The molecule has 2 heterocycles. The molecule has 0 N–H and O–H groups in total. The summed E-state index contributed by atoms with van der Waals surface area (Å²) in [6.07, 6.45) is 1.96. The summed E-state index contributed by atoms with van der Waals surface area (Å²) in [4.78, 5) is 6.57. The summed E-state index contributed by atoms with van der Waals surface area (Å²) in [5.41, 5.74) is 0. The fraction of sp³-hybridized carbons (Fsp3) is 0.875. The Hall–Kier alpha value is -0.610. The Morgan fingerprint density at radius 1 is 1.08 bits per heavy atom. The highest BCUT2D eigenvalue weighted by Crippen LogP contribution is 2.04. The van der Waals surface area contributed by atoms with E-state index >= 15 is 0 Å². The lowest BCUT2D eigenvalue weighted by Gasteiger charge is -2.37. The minimum atomic E-state index is 0.965. The summed E-state index contributed by atoms with van der Waals surface area (Å²) in [6, 6.07) is 0. The molecule has 4 nitrogen and oxygen atoms in total. The number of hydrogen-bond acceptors (Lipinski definition) is 4. The first-order valence-corrected chi connectivity index (χ1v) is 4.56. The lowest BCUT2D eigenvalue weighted by Crippen LogP contribution is -2.51. The summed E-state index contributed by atoms with van der Waals surface area (Å²) < 4.78 is 0. The van der Waals surface area contributed by atoms with Crippen LogP contribution in [0.25, 0.3) is 0 Å². The molecule has 68 valence electrons. The minimum Gasteiger partial charge on any atom is -0.304 e. The topological polar surface area (TPSA) is 22.1 Å². The molecular weight excluding hydrogens is 152 g/mol. The third-order valence-electron chi connectivity index (χ3n) is 2.52. The van der Waals surface area contributed by atoms with Gasteiger partial charge in [0.2, 0.25) is 0 Å². The Balaban J connectivity index is 1.84. The predicted molar refractivity (Wildman–Crippen MR) is 49.1 cm³/mol. The van der Waals surface area contributed by atoms with Crippen molar-refractivity contribution >= 4 is 6.34 Å². The Kier molecular flexibility index (Phi) is 2.28. The van der Waals surface area contributed by atoms with Gasteiger partial charge in [0.15, 0.2) is 0 Å². The van der Waals surface area contributed by atoms with E-state index in [-0.39, 0.29) is 0 Å². The van der Waals surface area contributed by atoms with Gasteiger partial charge in [0.05, 0.1) is 19.4 Å². The largest absolute Gasteiger partial charge is 0.304 e. The van der Waals surface area contributed by atoms with E-state index in [1.807, 2.05) is 6.34 Å². The van der Waals surface area contributed by atoms with Gasteiger partial charge in [-0.2, -0.15) is 0 Å². The molecule has 2 aliphatic heterocycles. The lowest BCUT2D eigenvalue weighted by molar-refractivity contribution is 0.0146. The van der Waals surface area contributed by atoms with E-state index in [0.29, 0.717) is 0 Å². The molecule has 0 aromatic rings. The van der Waals surface area contributed by atoms with Crippen LogP contribution >= 0.6 is 0 Å². The molecule has 0 aliphatic carbocycles. The highest BCUT2D eigenvalue weighted by atomic mass is 15.6. The number of nitrogens with zero attached hydrogens (tertiary/aromatic N) is 4. The molecule has 4 heteroatoms. The molecule has 0 unspecified atom stereocenters. The zero-order valence-electron chi connectivity index (χ0n) is 7.61. The normalized spacial score (nSPS) is 26.9. The second-order valence-electron chi connectivity index (χ2n) is 3.44. The maximum atomic E-state index is 4.20. The third kappa shape index (κ3) is 1.59. The smallest absolute Gasteiger partial charge is 0.0995 e. The number of likely N-dealkylation sites (N-methyl/N-ethyl adjacent to an activating group) is 1. The number of piperazine rings is 1. The van der Waals surface area contributed by atoms with Gasteiger partial charge in [-0.15, -0.1) is 0 Å². The van der Waals surface area contributed by atoms with Gasteiger partial charge in [0.1, 0.15) is 0 Å². The number of rotatable bonds is 1. The molecule has 1 saturated heterocycles. The van der Waals surface area contributed by atoms with Gasteiger partial charge < -0.3 is 4.90 Å². The Labute approximate surface area is 73.4 Å². The van der Waals surface area contributed by atoms with E-state index < -0.39 is 0 Å². The number of hydrazine groups is 1. The van der Waals surface area contributed by atoms with Crippen LogP contribution in [0.4, 0.5) is 0 Å². The fourth-order valence-electron chi connectivity index (χ4n) is 1.64. The van der Waals surface area contributed by atoms with Crippen molar-refractivity contribution in [1.29, 1.82) is 0 Å². The van der Waals surface area contributed by atoms with E-state index in [0.717, 1.165) is 26.2 Å². The highest BCUT2D eigenvalue weighted by molar-refractivity contribution is 5.56. The van der Waals surface area contributed by atoms with Gasteiger partial charge in [-0.1, -0.05) is 0 Å². The number of aliphatic imine (C=N–C) groups is 1. The van der Waals surface area contributed by atoms with Crippen molar-refractivity contribution in [3.8, 4) is 0 Å². The van der Waals surface area contributed by atoms with Crippen LogP contribution < -0.4 is 0 Å². The second kappa shape index (κ2) is 3.41. The lowest BCUT2D eigenvalue weighted by atomic mass is 10.4. The molecule has 0 bridgehead atoms. The number of hydrogen-bond donors (Lipinski definition) is 0. The van der Waals surface area contributed by atoms with Gasteiger partial charge in [-0.3, -0.25) is 10.0 Å². The summed E-state index contributed by atoms with van der Waals surface area (Å²) in [6.45, 7) is 6.66. The summed E-state index contributed by atoms with van der Waals surface area (Å²) in [5, 5.41) is 4.63. The molecule has 1 fully saturated rings. The average Bonchev–Trinajstić information content (AvgIpc) is 2.58. The van der Waals surface area contributed by atoms with E-state index in [1.54, 1.807) is 0 Å². The van der Waals surface area contributed by atoms with Crippen molar-refractivity contribution < 1.29 is 0 Å². The van der Waals surface area contributed by atoms with Crippen LogP contribution in [0.15, 0.2) is 4.99 Å². The van der Waals surface area contributed by atoms with Crippen molar-refractivity contribution in [2.45, 2.75) is 0 Å². The van der Waals surface area contributed by atoms with Crippen LogP contribution in [0.5, 0.6) is 0 Å². The Morgan fingerprint density at radius 3 is 2.42 bits per heavy atom. The van der Waals surface area contributed by atoms with Crippen molar-refractivity contribution in [2.75, 3.05) is 46.3 Å². The third-order valence-corrected chi connectivity index (χ3v) is 2.52. The molecule has 0 aromatic heterocycles. The summed E-state index contributed by atoms with van der Waals surface area (Å²) in [5.74, 6) is 0. The van der Waals surface area contributed by atoms with E-state index in [9.17, 15) is 0 Å². The van der Waals surface area contributed by atoms with Crippen LogP contribution in [-0.4, -0.2) is 67.6 Å². The first kappa shape index (κ1) is 8.01. The van der Waals surface area contributed by atoms with E-state index in [4.69, 9.17) is 0 Å². The van der Waals surface area contributed by atoms with Crippen LogP contribution in [-0.2, 0) is 0 Å². The van der Waals surface area contributed by atoms with Crippen LogP contribution in [0, 0.1) is 0 Å². The van der Waals surface area contributed by atoms with Crippen molar-refractivity contribution in [3.63, 3.8) is 0 Å². The predicted octanol–water partition coefficient (Wildman–Crippen LogP) is -0.507. The molecular formula is C8H16N4. The highest BCUT2D eigenvalue weighted by Gasteiger charge is 2.19. The molecule has 12 heavy (non-hydrogen) atoms. The SMILES string of the molecule is CN1CCN(N2C=NCC2)CC1. The summed E-state index contributed by atoms with van der Waals surface area (Å²) >= 11 is 0. The van der Waals surface area contributed by atoms with Crippen LogP contribution in [0.3, 0.4) is 0 Å². The Bertz CT molecular complexity index is 172. The molecule has 0 amide bonds. The van der Waals surface area contributed by atoms with E-state index in [1.165, 1.54) is 13.1 Å². The molecule has 0 saturated carbocycles. The minimum absolute atomic E-state index is 0.965. The Morgan fingerprint density at radius 2 is 1.83 bits per heavy atom. The van der Waals surface area contributed by atoms with Gasteiger partial charge in [0, 0.05) is 26.2 Å². The van der Waals surface area contributed by atoms with Crippen molar-refractivity contribution in [1.82, 2.24) is 14.9 Å². The van der Waals surface area contributed by atoms with Crippen molar-refractivity contribution in [2.24, 2.45) is 4.99 Å². The molecule has 0 radical (unpaired) electrons. The molecule has 2 aliphatic rings. The zero-order chi connectivity index (χ0) is 8.39. The maximum absolute atomic E-state index is 4.20. The van der Waals surface area contributed by atoms with E-state index in [2.05, 4.69) is 27.0 Å². The first-order valence-electron chi connectivity index (χ1n) is 4.56. The average molecular weight is 168 g/mol. The van der Waals surface area contributed by atoms with Crippen LogP contribution in [0.1, 0.15) is 0 Å². The molecule has 0 spiro atoms. The summed E-state index contributed by atoms with van der Waals surface area (Å²) in [7, 11) is 2.18. The van der Waals surface area contributed by atoms with Gasteiger partial charge in [-0.05, 0) is 7.05 Å². The fourth-order valence-corrected chi connectivity index (χ4v) is 1.64.